The van der Waals surface area contributed by atoms with E-state index in [4.69, 9.17) is 5.73 Å². The summed E-state index contributed by atoms with van der Waals surface area (Å²) in [6, 6.07) is 2.00. The minimum atomic E-state index is -0.726. The molecule has 1 unspecified atom stereocenters. The highest BCUT2D eigenvalue weighted by molar-refractivity contribution is 5.31. The monoisotopic (exact) mass is 192 g/mol. The van der Waals surface area contributed by atoms with Crippen LogP contribution in [0.2, 0.25) is 0 Å². The zero-order valence-electron chi connectivity index (χ0n) is 8.24. The fourth-order valence-corrected chi connectivity index (χ4v) is 2.26. The molecule has 3 heteroatoms. The van der Waals surface area contributed by atoms with Crippen LogP contribution in [0.15, 0.2) is 18.5 Å². The van der Waals surface area contributed by atoms with Crippen molar-refractivity contribution in [2.24, 2.45) is 5.73 Å². The summed E-state index contributed by atoms with van der Waals surface area (Å²) in [5, 5.41) is 10.4. The summed E-state index contributed by atoms with van der Waals surface area (Å²) < 4.78 is 0. The standard InChI is InChI=1S/C11H16N2O/c12-6-5-11(14)4-1-2-9-3-7-13-8-10(9)11/h3,7-8,14H,1-2,4-6,12H2. The molecule has 0 radical (unpaired) electrons. The van der Waals surface area contributed by atoms with Gasteiger partial charge in [-0.15, -0.1) is 0 Å². The maximum Gasteiger partial charge on any atom is 0.0926 e. The van der Waals surface area contributed by atoms with Crippen molar-refractivity contribution in [3.63, 3.8) is 0 Å². The highest BCUT2D eigenvalue weighted by Gasteiger charge is 2.33. The molecule has 3 N–H and O–H groups in total. The lowest BCUT2D eigenvalue weighted by molar-refractivity contribution is 0.0121. The normalized spacial score (nSPS) is 25.9. The average molecular weight is 192 g/mol. The molecule has 0 fully saturated rings. The highest BCUT2D eigenvalue weighted by atomic mass is 16.3. The van der Waals surface area contributed by atoms with Crippen molar-refractivity contribution in [2.45, 2.75) is 31.3 Å². The molecule has 1 aliphatic rings. The van der Waals surface area contributed by atoms with Crippen LogP contribution < -0.4 is 5.73 Å². The molecule has 0 amide bonds. The molecular formula is C11H16N2O. The summed E-state index contributed by atoms with van der Waals surface area (Å²) in [6.45, 7) is 0.519. The lowest BCUT2D eigenvalue weighted by Gasteiger charge is -2.33. The van der Waals surface area contributed by atoms with Crippen LogP contribution in [-0.4, -0.2) is 16.6 Å². The highest BCUT2D eigenvalue weighted by Crippen LogP contribution is 2.36. The van der Waals surface area contributed by atoms with Crippen LogP contribution in [0.5, 0.6) is 0 Å². The van der Waals surface area contributed by atoms with Gasteiger partial charge >= 0.3 is 0 Å². The molecule has 0 saturated carbocycles. The van der Waals surface area contributed by atoms with Gasteiger partial charge in [-0.3, -0.25) is 4.98 Å². The van der Waals surface area contributed by atoms with Crippen molar-refractivity contribution in [2.75, 3.05) is 6.54 Å². The van der Waals surface area contributed by atoms with Crippen LogP contribution in [0.25, 0.3) is 0 Å². The number of aryl methyl sites for hydroxylation is 1. The third kappa shape index (κ3) is 1.53. The summed E-state index contributed by atoms with van der Waals surface area (Å²) in [7, 11) is 0. The molecule has 76 valence electrons. The zero-order valence-corrected chi connectivity index (χ0v) is 8.24. The van der Waals surface area contributed by atoms with E-state index >= 15 is 0 Å². The van der Waals surface area contributed by atoms with Gasteiger partial charge < -0.3 is 10.8 Å². The molecule has 1 aliphatic carbocycles. The lowest BCUT2D eigenvalue weighted by Crippen LogP contribution is -2.33. The minimum absolute atomic E-state index is 0.519. The van der Waals surface area contributed by atoms with Gasteiger partial charge in [0.05, 0.1) is 5.60 Å². The Morgan fingerprint density at radius 2 is 2.43 bits per heavy atom. The van der Waals surface area contributed by atoms with E-state index in [0.29, 0.717) is 13.0 Å². The van der Waals surface area contributed by atoms with Crippen LogP contribution >= 0.6 is 0 Å². The maximum atomic E-state index is 10.4. The summed E-state index contributed by atoms with van der Waals surface area (Å²) >= 11 is 0. The first-order valence-electron chi connectivity index (χ1n) is 5.12. The number of aromatic nitrogens is 1. The van der Waals surface area contributed by atoms with Gasteiger partial charge in [-0.2, -0.15) is 0 Å². The second kappa shape index (κ2) is 3.67. The van der Waals surface area contributed by atoms with Gasteiger partial charge in [0.25, 0.3) is 0 Å². The number of fused-ring (bicyclic) bond motifs is 1. The molecule has 1 aromatic heterocycles. The van der Waals surface area contributed by atoms with E-state index in [1.165, 1.54) is 5.56 Å². The Balaban J connectivity index is 2.39. The fraction of sp³-hybridized carbons (Fsp3) is 0.545. The molecule has 0 saturated heterocycles. The Morgan fingerprint density at radius 1 is 1.57 bits per heavy atom. The Labute approximate surface area is 84.0 Å². The van der Waals surface area contributed by atoms with E-state index in [2.05, 4.69) is 4.98 Å². The van der Waals surface area contributed by atoms with E-state index in [9.17, 15) is 5.11 Å². The number of nitrogens with zero attached hydrogens (tertiary/aromatic N) is 1. The van der Waals surface area contributed by atoms with Crippen LogP contribution in [-0.2, 0) is 12.0 Å². The van der Waals surface area contributed by atoms with Gasteiger partial charge in [-0.25, -0.2) is 0 Å². The van der Waals surface area contributed by atoms with Gasteiger partial charge in [-0.05, 0) is 43.9 Å². The van der Waals surface area contributed by atoms with Crippen molar-refractivity contribution in [1.29, 1.82) is 0 Å². The molecule has 1 heterocycles. The Hall–Kier alpha value is -0.930. The predicted octanol–water partition coefficient (Wildman–Crippen LogP) is 0.954. The van der Waals surface area contributed by atoms with Gasteiger partial charge in [0.15, 0.2) is 0 Å². The second-order valence-corrected chi connectivity index (χ2v) is 3.96. The van der Waals surface area contributed by atoms with Gasteiger partial charge in [0, 0.05) is 18.0 Å². The smallest absolute Gasteiger partial charge is 0.0926 e. The summed E-state index contributed by atoms with van der Waals surface area (Å²) in [4.78, 5) is 4.07. The summed E-state index contributed by atoms with van der Waals surface area (Å²) in [5.41, 5.74) is 7.00. The van der Waals surface area contributed by atoms with Crippen LogP contribution in [0.1, 0.15) is 30.4 Å². The van der Waals surface area contributed by atoms with Crippen molar-refractivity contribution in [3.8, 4) is 0 Å². The van der Waals surface area contributed by atoms with Crippen LogP contribution in [0.3, 0.4) is 0 Å². The molecule has 2 rings (SSSR count). The van der Waals surface area contributed by atoms with E-state index in [1.54, 1.807) is 12.4 Å². The molecular weight excluding hydrogens is 176 g/mol. The summed E-state index contributed by atoms with van der Waals surface area (Å²) in [6.07, 6.45) is 7.09. The Kier molecular flexibility index (Phi) is 2.52. The number of nitrogens with two attached hydrogens (primary N) is 1. The Morgan fingerprint density at radius 3 is 3.21 bits per heavy atom. The van der Waals surface area contributed by atoms with E-state index in [0.717, 1.165) is 24.8 Å². The molecule has 0 spiro atoms. The van der Waals surface area contributed by atoms with Gasteiger partial charge in [0.1, 0.15) is 0 Å². The number of hydrogen-bond acceptors (Lipinski definition) is 3. The fourth-order valence-electron chi connectivity index (χ4n) is 2.26. The van der Waals surface area contributed by atoms with E-state index < -0.39 is 5.60 Å². The largest absolute Gasteiger partial charge is 0.385 e. The van der Waals surface area contributed by atoms with Gasteiger partial charge in [-0.1, -0.05) is 0 Å². The lowest BCUT2D eigenvalue weighted by atomic mass is 9.78. The molecule has 0 aromatic carbocycles. The van der Waals surface area contributed by atoms with Crippen LogP contribution in [0, 0.1) is 0 Å². The average Bonchev–Trinajstić information content (AvgIpc) is 2.19. The van der Waals surface area contributed by atoms with Crippen molar-refractivity contribution in [1.82, 2.24) is 4.98 Å². The van der Waals surface area contributed by atoms with Gasteiger partial charge in [0.2, 0.25) is 0 Å². The molecule has 14 heavy (non-hydrogen) atoms. The zero-order chi connectivity index (χ0) is 10.0. The number of rotatable bonds is 2. The minimum Gasteiger partial charge on any atom is -0.385 e. The topological polar surface area (TPSA) is 59.1 Å². The third-order valence-corrected chi connectivity index (χ3v) is 3.01. The number of aliphatic hydroxyl groups is 1. The first-order chi connectivity index (χ1) is 6.76. The van der Waals surface area contributed by atoms with E-state index in [1.807, 2.05) is 6.07 Å². The summed E-state index contributed by atoms with van der Waals surface area (Å²) in [5.74, 6) is 0. The second-order valence-electron chi connectivity index (χ2n) is 3.96. The molecule has 1 atom stereocenters. The first kappa shape index (κ1) is 9.62. The van der Waals surface area contributed by atoms with E-state index in [-0.39, 0.29) is 0 Å². The Bertz CT molecular complexity index is 327. The number of pyridine rings is 1. The van der Waals surface area contributed by atoms with Crippen molar-refractivity contribution < 1.29 is 5.11 Å². The molecule has 0 bridgehead atoms. The molecule has 1 aromatic rings. The SMILES string of the molecule is NCCC1(O)CCCc2ccncc21. The predicted molar refractivity (Wildman–Crippen MR) is 54.7 cm³/mol. The van der Waals surface area contributed by atoms with Crippen LogP contribution in [0.4, 0.5) is 0 Å². The third-order valence-electron chi connectivity index (χ3n) is 3.01. The maximum absolute atomic E-state index is 10.4. The van der Waals surface area contributed by atoms with Crippen molar-refractivity contribution in [3.05, 3.63) is 29.6 Å². The number of hydrogen-bond donors (Lipinski definition) is 2. The first-order valence-corrected chi connectivity index (χ1v) is 5.12. The quantitative estimate of drug-likeness (QED) is 0.733. The molecule has 3 nitrogen and oxygen atoms in total. The molecule has 0 aliphatic heterocycles. The van der Waals surface area contributed by atoms with Crippen molar-refractivity contribution >= 4 is 0 Å².